The topological polar surface area (TPSA) is 84.4 Å². The highest BCUT2D eigenvalue weighted by Gasteiger charge is 2.32. The average molecular weight is 391 g/mol. The smallest absolute Gasteiger partial charge is 0.224 e. The minimum atomic E-state index is -2.93. The van der Waals surface area contributed by atoms with Crippen molar-refractivity contribution in [1.29, 1.82) is 0 Å². The van der Waals surface area contributed by atoms with Crippen molar-refractivity contribution in [3.8, 4) is 5.75 Å². The second kappa shape index (κ2) is 8.56. The van der Waals surface area contributed by atoms with Crippen LogP contribution in [0.2, 0.25) is 0 Å². The lowest BCUT2D eigenvalue weighted by molar-refractivity contribution is 0.410. The maximum absolute atomic E-state index is 11.8. The fourth-order valence-corrected chi connectivity index (χ4v) is 5.17. The van der Waals surface area contributed by atoms with E-state index in [1.807, 2.05) is 37.3 Å². The van der Waals surface area contributed by atoms with Crippen LogP contribution in [0.3, 0.4) is 0 Å². The van der Waals surface area contributed by atoms with Gasteiger partial charge < -0.3 is 15.0 Å². The third kappa shape index (κ3) is 4.88. The fourth-order valence-electron chi connectivity index (χ4n) is 3.44. The number of anilines is 2. The van der Waals surface area contributed by atoms with Crippen LogP contribution >= 0.6 is 0 Å². The average Bonchev–Trinajstić information content (AvgIpc) is 3.02. The molecule has 146 valence electrons. The zero-order valence-corrected chi connectivity index (χ0v) is 16.6. The van der Waals surface area contributed by atoms with Gasteiger partial charge in [0.05, 0.1) is 18.6 Å². The molecule has 1 aliphatic rings. The quantitative estimate of drug-likeness (QED) is 0.739. The van der Waals surface area contributed by atoms with E-state index in [0.717, 1.165) is 23.6 Å². The predicted octanol–water partition coefficient (Wildman–Crippen LogP) is 2.15. The Bertz CT molecular complexity index is 873. The molecule has 2 aromatic rings. The number of nitrogens with zero attached hydrogens (tertiary/aromatic N) is 3. The number of nitrogens with one attached hydrogen (secondary N) is 1. The molecule has 1 aromatic heterocycles. The Morgan fingerprint density at radius 1 is 1.30 bits per heavy atom. The Balaban J connectivity index is 1.64. The fraction of sp³-hybridized carbons (Fsp3) is 0.474. The molecule has 1 unspecified atom stereocenters. The predicted molar refractivity (Wildman–Crippen MR) is 107 cm³/mol. The molecule has 7 nitrogen and oxygen atoms in total. The lowest BCUT2D eigenvalue weighted by Gasteiger charge is -2.28. The Labute approximate surface area is 160 Å². The van der Waals surface area contributed by atoms with Crippen molar-refractivity contribution >= 4 is 21.6 Å². The summed E-state index contributed by atoms with van der Waals surface area (Å²) < 4.78 is 29.0. The summed E-state index contributed by atoms with van der Waals surface area (Å²) in [6.45, 7) is 3.40. The normalized spacial score (nSPS) is 18.2. The van der Waals surface area contributed by atoms with E-state index in [9.17, 15) is 8.42 Å². The number of sulfone groups is 1. The van der Waals surface area contributed by atoms with Crippen LogP contribution in [-0.2, 0) is 16.3 Å². The number of hydrogen-bond donors (Lipinski definition) is 1. The summed E-state index contributed by atoms with van der Waals surface area (Å²) in [5.41, 5.74) is 1.12. The third-order valence-electron chi connectivity index (χ3n) is 4.79. The number of rotatable bonds is 8. The lowest BCUT2D eigenvalue weighted by atomic mass is 10.1. The highest BCUT2D eigenvalue weighted by Crippen LogP contribution is 2.23. The van der Waals surface area contributed by atoms with Crippen molar-refractivity contribution in [3.05, 3.63) is 42.1 Å². The van der Waals surface area contributed by atoms with Crippen LogP contribution in [0, 0.1) is 0 Å². The second-order valence-corrected chi connectivity index (χ2v) is 8.80. The summed E-state index contributed by atoms with van der Waals surface area (Å²) in [4.78, 5) is 10.9. The summed E-state index contributed by atoms with van der Waals surface area (Å²) in [5, 5.41) is 3.25. The van der Waals surface area contributed by atoms with E-state index in [1.165, 1.54) is 0 Å². The van der Waals surface area contributed by atoms with Gasteiger partial charge in [-0.1, -0.05) is 18.2 Å². The van der Waals surface area contributed by atoms with Crippen molar-refractivity contribution in [2.75, 3.05) is 41.9 Å². The number of methoxy groups -OCH3 is 1. The van der Waals surface area contributed by atoms with E-state index in [4.69, 9.17) is 4.74 Å². The summed E-state index contributed by atoms with van der Waals surface area (Å²) in [6.07, 6.45) is 3.15. The molecule has 3 rings (SSSR count). The van der Waals surface area contributed by atoms with Gasteiger partial charge in [-0.25, -0.2) is 13.4 Å². The lowest BCUT2D eigenvalue weighted by Crippen LogP contribution is -2.36. The Hall–Kier alpha value is -2.35. The Kier molecular flexibility index (Phi) is 6.15. The van der Waals surface area contributed by atoms with Crippen molar-refractivity contribution in [1.82, 2.24) is 9.97 Å². The van der Waals surface area contributed by atoms with Gasteiger partial charge in [-0.2, -0.15) is 4.98 Å². The van der Waals surface area contributed by atoms with E-state index >= 15 is 0 Å². The van der Waals surface area contributed by atoms with Crippen molar-refractivity contribution in [2.45, 2.75) is 25.8 Å². The molecule has 0 spiro atoms. The molecule has 2 heterocycles. The highest BCUT2D eigenvalue weighted by atomic mass is 32.2. The molecule has 8 heteroatoms. The summed E-state index contributed by atoms with van der Waals surface area (Å²) in [5.74, 6) is 2.62. The highest BCUT2D eigenvalue weighted by molar-refractivity contribution is 7.91. The maximum atomic E-state index is 11.8. The molecular formula is C19H26N4O3S. The van der Waals surface area contributed by atoms with Crippen LogP contribution in [-0.4, -0.2) is 56.1 Å². The van der Waals surface area contributed by atoms with Gasteiger partial charge in [-0.3, -0.25) is 0 Å². The first-order valence-corrected chi connectivity index (χ1v) is 11.0. The number of ether oxygens (including phenoxy) is 1. The minimum Gasteiger partial charge on any atom is -0.496 e. The Morgan fingerprint density at radius 3 is 2.81 bits per heavy atom. The first kappa shape index (κ1) is 19.4. The first-order valence-electron chi connectivity index (χ1n) is 9.18. The van der Waals surface area contributed by atoms with Crippen LogP contribution in [0.15, 0.2) is 36.5 Å². The molecule has 1 N–H and O–H groups in total. The van der Waals surface area contributed by atoms with E-state index in [0.29, 0.717) is 25.5 Å². The summed E-state index contributed by atoms with van der Waals surface area (Å²) in [7, 11) is -1.26. The molecule has 0 radical (unpaired) electrons. The van der Waals surface area contributed by atoms with E-state index in [1.54, 1.807) is 13.3 Å². The number of para-hydroxylation sites is 1. The van der Waals surface area contributed by atoms with E-state index < -0.39 is 9.84 Å². The van der Waals surface area contributed by atoms with Crippen LogP contribution in [0.1, 0.15) is 18.9 Å². The van der Waals surface area contributed by atoms with Crippen molar-refractivity contribution in [2.24, 2.45) is 0 Å². The van der Waals surface area contributed by atoms with Crippen LogP contribution in [0.4, 0.5) is 11.8 Å². The molecular weight excluding hydrogens is 364 g/mol. The number of hydrogen-bond acceptors (Lipinski definition) is 7. The third-order valence-corrected chi connectivity index (χ3v) is 6.55. The minimum absolute atomic E-state index is 0.0173. The molecule has 0 bridgehead atoms. The number of benzene rings is 1. The van der Waals surface area contributed by atoms with Gasteiger partial charge in [0.1, 0.15) is 11.6 Å². The monoisotopic (exact) mass is 390 g/mol. The van der Waals surface area contributed by atoms with Crippen molar-refractivity contribution in [3.63, 3.8) is 0 Å². The molecule has 0 aliphatic carbocycles. The Morgan fingerprint density at radius 2 is 2.11 bits per heavy atom. The van der Waals surface area contributed by atoms with Gasteiger partial charge in [-0.05, 0) is 37.5 Å². The number of aromatic nitrogens is 2. The molecule has 1 fully saturated rings. The second-order valence-electron chi connectivity index (χ2n) is 6.57. The van der Waals surface area contributed by atoms with Crippen molar-refractivity contribution < 1.29 is 13.2 Å². The van der Waals surface area contributed by atoms with Crippen LogP contribution in [0.5, 0.6) is 5.75 Å². The van der Waals surface area contributed by atoms with E-state index in [2.05, 4.69) is 20.2 Å². The molecule has 1 aliphatic heterocycles. The molecule has 27 heavy (non-hydrogen) atoms. The maximum Gasteiger partial charge on any atom is 0.224 e. The zero-order valence-electron chi connectivity index (χ0n) is 15.8. The molecule has 1 aromatic carbocycles. The van der Waals surface area contributed by atoms with Gasteiger partial charge >= 0.3 is 0 Å². The molecule has 1 saturated heterocycles. The van der Waals surface area contributed by atoms with Gasteiger partial charge in [0.15, 0.2) is 9.84 Å². The standard InChI is InChI=1S/C19H26N4O3S/c1-3-23(16-10-13-27(24,25)14-16)18-9-12-21-19(22-18)20-11-8-15-6-4-5-7-17(15)26-2/h4-7,9,12,16H,3,8,10-11,13-14H2,1-2H3,(H,20,21,22). The molecule has 0 saturated carbocycles. The van der Waals surface area contributed by atoms with Gasteiger partial charge in [0, 0.05) is 25.3 Å². The van der Waals surface area contributed by atoms with Gasteiger partial charge in [-0.15, -0.1) is 0 Å². The largest absolute Gasteiger partial charge is 0.496 e. The molecule has 1 atom stereocenters. The van der Waals surface area contributed by atoms with Gasteiger partial charge in [0.2, 0.25) is 5.95 Å². The SMILES string of the molecule is CCN(c1ccnc(NCCc2ccccc2OC)n1)C1CCS(=O)(=O)C1. The van der Waals surface area contributed by atoms with E-state index in [-0.39, 0.29) is 17.5 Å². The van der Waals surface area contributed by atoms with Crippen LogP contribution < -0.4 is 15.0 Å². The van der Waals surface area contributed by atoms with Crippen LogP contribution in [0.25, 0.3) is 0 Å². The van der Waals surface area contributed by atoms with Gasteiger partial charge in [0.25, 0.3) is 0 Å². The zero-order chi connectivity index (χ0) is 19.3. The molecule has 0 amide bonds. The first-order chi connectivity index (χ1) is 13.0. The summed E-state index contributed by atoms with van der Waals surface area (Å²) >= 11 is 0. The summed E-state index contributed by atoms with van der Waals surface area (Å²) in [6, 6.07) is 9.74.